The molecule has 2 aliphatic rings. The van der Waals surface area contributed by atoms with E-state index >= 15 is 0 Å². The van der Waals surface area contributed by atoms with Crippen molar-refractivity contribution in [3.8, 4) is 11.1 Å². The first kappa shape index (κ1) is 29.7. The van der Waals surface area contributed by atoms with Gasteiger partial charge in [0.1, 0.15) is 30.5 Å². The van der Waals surface area contributed by atoms with Crippen LogP contribution in [0, 0.1) is 5.82 Å². The molecular formula is C28H26F4N6O5. The van der Waals surface area contributed by atoms with Gasteiger partial charge in [-0.1, -0.05) is 24.3 Å². The Hall–Kier alpha value is -4.79. The van der Waals surface area contributed by atoms with Crippen LogP contribution in [0.5, 0.6) is 0 Å². The Labute approximate surface area is 241 Å². The Morgan fingerprint density at radius 3 is 2.51 bits per heavy atom. The van der Waals surface area contributed by atoms with Crippen molar-refractivity contribution in [1.29, 1.82) is 0 Å². The molecular weight excluding hydrogens is 576 g/mol. The van der Waals surface area contributed by atoms with Crippen LogP contribution in [0.4, 0.5) is 22.4 Å². The first-order valence-electron chi connectivity index (χ1n) is 13.1. The molecule has 3 atom stereocenters. The van der Waals surface area contributed by atoms with E-state index in [-0.39, 0.29) is 24.1 Å². The van der Waals surface area contributed by atoms with E-state index in [2.05, 4.69) is 10.4 Å². The predicted octanol–water partition coefficient (Wildman–Crippen LogP) is 2.34. The van der Waals surface area contributed by atoms with Crippen molar-refractivity contribution < 1.29 is 41.8 Å². The van der Waals surface area contributed by atoms with Crippen molar-refractivity contribution in [2.24, 2.45) is 5.73 Å². The van der Waals surface area contributed by atoms with Crippen molar-refractivity contribution in [2.75, 3.05) is 6.54 Å². The van der Waals surface area contributed by atoms with Crippen molar-refractivity contribution in [3.63, 3.8) is 0 Å². The van der Waals surface area contributed by atoms with Crippen LogP contribution in [-0.2, 0) is 33.0 Å². The van der Waals surface area contributed by atoms with Crippen molar-refractivity contribution in [3.05, 3.63) is 77.4 Å². The van der Waals surface area contributed by atoms with E-state index in [9.17, 15) is 41.8 Å². The summed E-state index contributed by atoms with van der Waals surface area (Å²) in [5.41, 5.74) is 5.45. The minimum absolute atomic E-state index is 0.144. The molecule has 2 heterocycles. The van der Waals surface area contributed by atoms with Gasteiger partial charge in [0.05, 0.1) is 12.3 Å². The number of halogens is 4. The highest BCUT2D eigenvalue weighted by molar-refractivity contribution is 6.10. The molecule has 1 aliphatic carbocycles. The average Bonchev–Trinajstić information content (AvgIpc) is 3.58. The molecule has 1 spiro atoms. The standard InChI is InChI=1S/C28H26F4N6O5/c1-15(28(30,31)32)37(11-16-2-5-19(29)6-3-16)24(41)14-38-25(42)27(35-26(38)43)9-22(39)20-8-17(4-7-21(20)27)18-10-34-36(12-18)13-23(33)40/h2-8,10,12,15,22,39H,9,11,13-14H2,1H3,(H2,33,40)(H,35,43)/t15-,22?,27?/m0/s1. The largest absolute Gasteiger partial charge is 0.408 e. The number of nitrogens with two attached hydrogens (primary N) is 1. The van der Waals surface area contributed by atoms with E-state index in [1.807, 2.05) is 0 Å². The zero-order valence-electron chi connectivity index (χ0n) is 22.6. The van der Waals surface area contributed by atoms with E-state index < -0.39 is 66.5 Å². The number of imide groups is 1. The average molecular weight is 603 g/mol. The highest BCUT2D eigenvalue weighted by Gasteiger charge is 2.58. The van der Waals surface area contributed by atoms with Crippen LogP contribution >= 0.6 is 0 Å². The first-order valence-corrected chi connectivity index (χ1v) is 13.1. The van der Waals surface area contributed by atoms with Crippen LogP contribution in [0.1, 0.15) is 36.1 Å². The number of aliphatic hydroxyl groups excluding tert-OH is 1. The van der Waals surface area contributed by atoms with E-state index in [0.717, 1.165) is 19.1 Å². The molecule has 1 fully saturated rings. The number of benzene rings is 2. The number of nitrogens with one attached hydrogen (secondary N) is 1. The summed E-state index contributed by atoms with van der Waals surface area (Å²) in [5.74, 6) is -3.26. The molecule has 5 rings (SSSR count). The maximum Gasteiger partial charge on any atom is 0.408 e. The normalized spacial score (nSPS) is 20.3. The number of aliphatic hydroxyl groups is 1. The highest BCUT2D eigenvalue weighted by Crippen LogP contribution is 2.47. The number of hydrogen-bond donors (Lipinski definition) is 3. The molecule has 2 unspecified atom stereocenters. The Kier molecular flexibility index (Phi) is 7.46. The summed E-state index contributed by atoms with van der Waals surface area (Å²) in [6, 6.07) is 6.01. The van der Waals surface area contributed by atoms with E-state index in [1.54, 1.807) is 18.3 Å². The molecule has 2 aromatic carbocycles. The van der Waals surface area contributed by atoms with Crippen LogP contribution in [0.3, 0.4) is 0 Å². The summed E-state index contributed by atoms with van der Waals surface area (Å²) < 4.78 is 55.7. The number of urea groups is 1. The molecule has 1 aliphatic heterocycles. The van der Waals surface area contributed by atoms with Crippen molar-refractivity contribution in [1.82, 2.24) is 24.9 Å². The Morgan fingerprint density at radius 2 is 1.86 bits per heavy atom. The zero-order chi connectivity index (χ0) is 31.3. The van der Waals surface area contributed by atoms with Crippen LogP contribution < -0.4 is 11.1 Å². The third-order valence-electron chi connectivity index (χ3n) is 7.65. The van der Waals surface area contributed by atoms with Gasteiger partial charge in [-0.3, -0.25) is 24.0 Å². The van der Waals surface area contributed by atoms with Gasteiger partial charge < -0.3 is 21.1 Å². The number of nitrogens with zero attached hydrogens (tertiary/aromatic N) is 4. The number of hydrogen-bond acceptors (Lipinski definition) is 6. The van der Waals surface area contributed by atoms with E-state index in [0.29, 0.717) is 26.5 Å². The van der Waals surface area contributed by atoms with Gasteiger partial charge in [0.2, 0.25) is 11.8 Å². The zero-order valence-corrected chi connectivity index (χ0v) is 22.6. The topological polar surface area (TPSA) is 151 Å². The maximum atomic E-state index is 13.7. The van der Waals surface area contributed by atoms with Gasteiger partial charge in [0, 0.05) is 24.7 Å². The van der Waals surface area contributed by atoms with Gasteiger partial charge in [0.25, 0.3) is 5.91 Å². The maximum absolute atomic E-state index is 13.7. The second-order valence-electron chi connectivity index (χ2n) is 10.5. The first-order chi connectivity index (χ1) is 20.2. The van der Waals surface area contributed by atoms with Crippen LogP contribution in [-0.4, -0.2) is 67.2 Å². The number of carbonyl (C=O) groups excluding carboxylic acids is 4. The fourth-order valence-corrected chi connectivity index (χ4v) is 5.40. The Balaban J connectivity index is 1.39. The molecule has 15 heteroatoms. The van der Waals surface area contributed by atoms with Gasteiger partial charge in [-0.25, -0.2) is 9.18 Å². The minimum atomic E-state index is -4.82. The molecule has 0 saturated carbocycles. The molecule has 11 nitrogen and oxygen atoms in total. The van der Waals surface area contributed by atoms with E-state index in [4.69, 9.17) is 5.73 Å². The third-order valence-corrected chi connectivity index (χ3v) is 7.65. The quantitative estimate of drug-likeness (QED) is 0.266. The fourth-order valence-electron chi connectivity index (χ4n) is 5.40. The smallest absolute Gasteiger partial charge is 0.388 e. The Bertz CT molecular complexity index is 1610. The fraction of sp³-hybridized carbons (Fsp3) is 0.321. The molecule has 0 radical (unpaired) electrons. The van der Waals surface area contributed by atoms with Crippen LogP contribution in [0.15, 0.2) is 54.9 Å². The molecule has 226 valence electrons. The number of primary amides is 1. The Morgan fingerprint density at radius 1 is 1.16 bits per heavy atom. The number of rotatable bonds is 8. The molecule has 1 aromatic heterocycles. The number of aromatic nitrogens is 2. The lowest BCUT2D eigenvalue weighted by molar-refractivity contribution is -0.187. The van der Waals surface area contributed by atoms with E-state index in [1.165, 1.54) is 29.1 Å². The number of alkyl halides is 3. The van der Waals surface area contributed by atoms with Gasteiger partial charge in [0.15, 0.2) is 0 Å². The number of fused-ring (bicyclic) bond motifs is 2. The van der Waals surface area contributed by atoms with Gasteiger partial charge in [-0.2, -0.15) is 18.3 Å². The summed E-state index contributed by atoms with van der Waals surface area (Å²) in [4.78, 5) is 52.1. The number of carbonyl (C=O) groups is 4. The highest BCUT2D eigenvalue weighted by atomic mass is 19.4. The molecule has 3 aromatic rings. The number of amides is 5. The molecule has 1 saturated heterocycles. The summed E-state index contributed by atoms with van der Waals surface area (Å²) >= 11 is 0. The molecule has 43 heavy (non-hydrogen) atoms. The second-order valence-corrected chi connectivity index (χ2v) is 10.5. The summed E-state index contributed by atoms with van der Waals surface area (Å²) in [6.07, 6.45) is -3.23. The van der Waals surface area contributed by atoms with Gasteiger partial charge >= 0.3 is 12.2 Å². The summed E-state index contributed by atoms with van der Waals surface area (Å²) in [6.45, 7) is -0.909. The monoisotopic (exact) mass is 602 g/mol. The lowest BCUT2D eigenvalue weighted by atomic mass is 9.90. The molecule has 0 bridgehead atoms. The summed E-state index contributed by atoms with van der Waals surface area (Å²) in [7, 11) is 0. The van der Waals surface area contributed by atoms with Crippen LogP contribution in [0.2, 0.25) is 0 Å². The van der Waals surface area contributed by atoms with Crippen molar-refractivity contribution in [2.45, 2.75) is 50.3 Å². The van der Waals surface area contributed by atoms with Crippen LogP contribution in [0.25, 0.3) is 11.1 Å². The van der Waals surface area contributed by atoms with Gasteiger partial charge in [-0.05, 0) is 47.4 Å². The summed E-state index contributed by atoms with van der Waals surface area (Å²) in [5, 5.41) is 17.5. The lowest BCUT2D eigenvalue weighted by Crippen LogP contribution is -2.51. The van der Waals surface area contributed by atoms with Gasteiger partial charge in [-0.15, -0.1) is 0 Å². The minimum Gasteiger partial charge on any atom is -0.388 e. The second kappa shape index (κ2) is 10.8. The van der Waals surface area contributed by atoms with Crippen molar-refractivity contribution >= 4 is 23.8 Å². The predicted molar refractivity (Wildman–Crippen MR) is 141 cm³/mol. The molecule has 5 amide bonds. The molecule has 4 N–H and O–H groups in total. The SMILES string of the molecule is C[C@H](N(Cc1ccc(F)cc1)C(=O)CN1C(=O)NC2(CC(O)c3cc(-c4cnn(CC(N)=O)c4)ccc32)C1=O)C(F)(F)F. The third kappa shape index (κ3) is 5.55. The lowest BCUT2D eigenvalue weighted by Gasteiger charge is -2.32.